The first-order valence-corrected chi connectivity index (χ1v) is 4.64. The Hall–Kier alpha value is -0.580. The SMILES string of the molecule is NC(=O)C[C@@H](N)c1ccsc1Cl. The average Bonchev–Trinajstić information content (AvgIpc) is 2.33. The number of thiophene rings is 1. The summed E-state index contributed by atoms with van der Waals surface area (Å²) in [6.45, 7) is 0. The van der Waals surface area contributed by atoms with Crippen molar-refractivity contribution < 1.29 is 4.79 Å². The van der Waals surface area contributed by atoms with Gasteiger partial charge in [-0.1, -0.05) is 11.6 Å². The van der Waals surface area contributed by atoms with Crippen LogP contribution < -0.4 is 11.5 Å². The highest BCUT2D eigenvalue weighted by molar-refractivity contribution is 7.14. The number of hydrogen-bond donors (Lipinski definition) is 2. The molecule has 0 aromatic carbocycles. The lowest BCUT2D eigenvalue weighted by molar-refractivity contribution is -0.118. The number of amides is 1. The van der Waals surface area contributed by atoms with Crippen molar-refractivity contribution >= 4 is 28.8 Å². The predicted molar refractivity (Wildman–Crippen MR) is 50.1 cm³/mol. The highest BCUT2D eigenvalue weighted by Crippen LogP contribution is 2.28. The molecule has 1 rings (SSSR count). The fraction of sp³-hybridized carbons (Fsp3) is 0.286. The van der Waals surface area contributed by atoms with Gasteiger partial charge in [-0.3, -0.25) is 4.79 Å². The average molecular weight is 205 g/mol. The van der Waals surface area contributed by atoms with Gasteiger partial charge in [0.25, 0.3) is 0 Å². The van der Waals surface area contributed by atoms with E-state index >= 15 is 0 Å². The minimum Gasteiger partial charge on any atom is -0.370 e. The smallest absolute Gasteiger partial charge is 0.219 e. The third-order valence-corrected chi connectivity index (χ3v) is 2.67. The van der Waals surface area contributed by atoms with Gasteiger partial charge >= 0.3 is 0 Å². The molecule has 0 aliphatic rings. The predicted octanol–water partition coefficient (Wildman–Crippen LogP) is 1.28. The molecule has 1 aromatic rings. The number of carbonyl (C=O) groups is 1. The van der Waals surface area contributed by atoms with Crippen LogP contribution in [-0.4, -0.2) is 5.91 Å². The molecule has 0 bridgehead atoms. The zero-order valence-corrected chi connectivity index (χ0v) is 7.86. The number of hydrogen-bond acceptors (Lipinski definition) is 3. The number of carbonyl (C=O) groups excluding carboxylic acids is 1. The van der Waals surface area contributed by atoms with Crippen LogP contribution in [0, 0.1) is 0 Å². The Bertz CT molecular complexity index is 287. The summed E-state index contributed by atoms with van der Waals surface area (Å²) in [4.78, 5) is 10.5. The highest BCUT2D eigenvalue weighted by atomic mass is 35.5. The standard InChI is InChI=1S/C7H9ClN2OS/c8-7-4(1-2-12-7)5(9)3-6(10)11/h1-2,5H,3,9H2,(H2,10,11)/t5-/m1/s1. The molecule has 0 saturated carbocycles. The van der Waals surface area contributed by atoms with E-state index in [1.165, 1.54) is 11.3 Å². The Morgan fingerprint density at radius 3 is 2.83 bits per heavy atom. The maximum absolute atomic E-state index is 10.5. The number of rotatable bonds is 3. The van der Waals surface area contributed by atoms with Crippen LogP contribution in [-0.2, 0) is 4.79 Å². The summed E-state index contributed by atoms with van der Waals surface area (Å²) in [6, 6.07) is 1.43. The fourth-order valence-electron chi connectivity index (χ4n) is 0.897. The summed E-state index contributed by atoms with van der Waals surface area (Å²) in [5, 5.41) is 1.83. The second kappa shape index (κ2) is 3.89. The van der Waals surface area contributed by atoms with Gasteiger partial charge in [0.15, 0.2) is 0 Å². The Kier molecular flexibility index (Phi) is 3.08. The van der Waals surface area contributed by atoms with Crippen molar-refractivity contribution in [2.75, 3.05) is 0 Å². The monoisotopic (exact) mass is 204 g/mol. The fourth-order valence-corrected chi connectivity index (χ4v) is 1.94. The van der Waals surface area contributed by atoms with E-state index in [0.29, 0.717) is 4.34 Å². The van der Waals surface area contributed by atoms with Crippen molar-refractivity contribution in [1.29, 1.82) is 0 Å². The van der Waals surface area contributed by atoms with E-state index in [4.69, 9.17) is 23.1 Å². The largest absolute Gasteiger partial charge is 0.370 e. The van der Waals surface area contributed by atoms with Crippen LogP contribution in [0.2, 0.25) is 4.34 Å². The van der Waals surface area contributed by atoms with Crippen LogP contribution >= 0.6 is 22.9 Å². The normalized spacial score (nSPS) is 12.8. The van der Waals surface area contributed by atoms with E-state index < -0.39 is 5.91 Å². The minimum atomic E-state index is -0.412. The van der Waals surface area contributed by atoms with Gasteiger partial charge in [0.05, 0.1) is 4.34 Å². The molecule has 4 N–H and O–H groups in total. The van der Waals surface area contributed by atoms with Crippen LogP contribution in [0.15, 0.2) is 11.4 Å². The van der Waals surface area contributed by atoms with E-state index in [2.05, 4.69) is 0 Å². The molecule has 1 aromatic heterocycles. The summed E-state index contributed by atoms with van der Waals surface area (Å²) in [5.74, 6) is -0.412. The molecular formula is C7H9ClN2OS. The molecule has 0 aliphatic carbocycles. The minimum absolute atomic E-state index is 0.135. The van der Waals surface area contributed by atoms with Crippen LogP contribution in [0.5, 0.6) is 0 Å². The maximum Gasteiger partial charge on any atom is 0.219 e. The summed E-state index contributed by atoms with van der Waals surface area (Å²) < 4.78 is 0.628. The van der Waals surface area contributed by atoms with Gasteiger partial charge in [0, 0.05) is 12.5 Å². The van der Waals surface area contributed by atoms with Crippen molar-refractivity contribution in [3.63, 3.8) is 0 Å². The van der Waals surface area contributed by atoms with Gasteiger partial charge in [0.1, 0.15) is 0 Å². The molecule has 5 heteroatoms. The molecule has 1 heterocycles. The Morgan fingerprint density at radius 2 is 2.42 bits per heavy atom. The molecule has 3 nitrogen and oxygen atoms in total. The first kappa shape index (κ1) is 9.51. The molecule has 0 saturated heterocycles. The van der Waals surface area contributed by atoms with E-state index in [1.807, 2.05) is 5.38 Å². The maximum atomic E-state index is 10.5. The van der Waals surface area contributed by atoms with Crippen LogP contribution in [0.25, 0.3) is 0 Å². The Balaban J connectivity index is 2.71. The van der Waals surface area contributed by atoms with Crippen molar-refractivity contribution in [3.05, 3.63) is 21.3 Å². The molecule has 1 amide bonds. The summed E-state index contributed by atoms with van der Waals surface area (Å²) >= 11 is 7.20. The summed E-state index contributed by atoms with van der Waals surface area (Å²) in [6.07, 6.45) is 0.135. The van der Waals surface area contributed by atoms with Gasteiger partial charge in [-0.25, -0.2) is 0 Å². The van der Waals surface area contributed by atoms with Crippen LogP contribution in [0.4, 0.5) is 0 Å². The molecule has 0 unspecified atom stereocenters. The number of nitrogens with two attached hydrogens (primary N) is 2. The molecule has 0 radical (unpaired) electrons. The highest BCUT2D eigenvalue weighted by Gasteiger charge is 2.12. The first-order chi connectivity index (χ1) is 5.61. The topological polar surface area (TPSA) is 69.1 Å². The third-order valence-electron chi connectivity index (χ3n) is 1.47. The Morgan fingerprint density at radius 1 is 1.75 bits per heavy atom. The Labute approximate surface area is 79.3 Å². The zero-order chi connectivity index (χ0) is 9.14. The van der Waals surface area contributed by atoms with E-state index in [1.54, 1.807) is 6.07 Å². The van der Waals surface area contributed by atoms with Crippen molar-refractivity contribution in [2.45, 2.75) is 12.5 Å². The summed E-state index contributed by atoms with van der Waals surface area (Å²) in [5.41, 5.74) is 11.4. The molecule has 1 atom stereocenters. The molecule has 0 spiro atoms. The van der Waals surface area contributed by atoms with E-state index in [-0.39, 0.29) is 12.5 Å². The number of halogens is 1. The van der Waals surface area contributed by atoms with Crippen LogP contribution in [0.3, 0.4) is 0 Å². The van der Waals surface area contributed by atoms with Gasteiger partial charge in [-0.05, 0) is 17.0 Å². The summed E-state index contributed by atoms with van der Waals surface area (Å²) in [7, 11) is 0. The second-order valence-corrected chi connectivity index (χ2v) is 3.94. The molecular weight excluding hydrogens is 196 g/mol. The quantitative estimate of drug-likeness (QED) is 0.779. The number of primary amides is 1. The lowest BCUT2D eigenvalue weighted by Gasteiger charge is -2.06. The van der Waals surface area contributed by atoms with E-state index in [0.717, 1.165) is 5.56 Å². The first-order valence-electron chi connectivity index (χ1n) is 3.38. The molecule has 0 aliphatic heterocycles. The molecule has 66 valence electrons. The van der Waals surface area contributed by atoms with Gasteiger partial charge in [-0.2, -0.15) is 0 Å². The third kappa shape index (κ3) is 2.20. The van der Waals surface area contributed by atoms with Gasteiger partial charge in [-0.15, -0.1) is 11.3 Å². The van der Waals surface area contributed by atoms with Crippen molar-refractivity contribution in [2.24, 2.45) is 11.5 Å². The van der Waals surface area contributed by atoms with E-state index in [9.17, 15) is 4.79 Å². The second-order valence-electron chi connectivity index (χ2n) is 2.43. The molecule has 0 fully saturated rings. The van der Waals surface area contributed by atoms with Gasteiger partial charge in [0.2, 0.25) is 5.91 Å². The lowest BCUT2D eigenvalue weighted by atomic mass is 10.1. The van der Waals surface area contributed by atoms with Crippen molar-refractivity contribution in [1.82, 2.24) is 0 Å². The van der Waals surface area contributed by atoms with Gasteiger partial charge < -0.3 is 11.5 Å². The van der Waals surface area contributed by atoms with Crippen molar-refractivity contribution in [3.8, 4) is 0 Å². The van der Waals surface area contributed by atoms with Crippen LogP contribution in [0.1, 0.15) is 18.0 Å². The zero-order valence-electron chi connectivity index (χ0n) is 6.29. The molecule has 12 heavy (non-hydrogen) atoms. The lowest BCUT2D eigenvalue weighted by Crippen LogP contribution is -2.20.